The summed E-state index contributed by atoms with van der Waals surface area (Å²) in [7, 11) is 0. The predicted molar refractivity (Wildman–Crippen MR) is 88.0 cm³/mol. The Balaban J connectivity index is 2.63. The monoisotopic (exact) mass is 339 g/mol. The highest BCUT2D eigenvalue weighted by atomic mass is 32.1. The topological polar surface area (TPSA) is 81.7 Å². The van der Waals surface area contributed by atoms with Crippen LogP contribution in [0.3, 0.4) is 0 Å². The van der Waals surface area contributed by atoms with Gasteiger partial charge in [0.15, 0.2) is 5.12 Å². The molecule has 6 nitrogen and oxygen atoms in total. The molecule has 0 unspecified atom stereocenters. The first-order valence-corrected chi connectivity index (χ1v) is 7.54. The number of ether oxygens (including phenoxy) is 2. The lowest BCUT2D eigenvalue weighted by Crippen LogP contribution is -2.45. The van der Waals surface area contributed by atoms with Crippen LogP contribution in [-0.4, -0.2) is 28.8 Å². The molecule has 1 aromatic carbocycles. The first-order valence-electron chi connectivity index (χ1n) is 7.09. The molecule has 0 radical (unpaired) electrons. The summed E-state index contributed by atoms with van der Waals surface area (Å²) in [5, 5.41) is 1.80. The van der Waals surface area contributed by atoms with Gasteiger partial charge in [0.1, 0.15) is 18.2 Å². The highest BCUT2D eigenvalue weighted by Crippen LogP contribution is 2.09. The van der Waals surface area contributed by atoms with E-state index in [-0.39, 0.29) is 13.0 Å². The van der Waals surface area contributed by atoms with Gasteiger partial charge in [-0.25, -0.2) is 9.59 Å². The molecule has 0 heterocycles. The van der Waals surface area contributed by atoms with Gasteiger partial charge in [0, 0.05) is 6.42 Å². The number of hydrogen-bond donors (Lipinski definition) is 2. The van der Waals surface area contributed by atoms with Gasteiger partial charge in [0.05, 0.1) is 0 Å². The summed E-state index contributed by atoms with van der Waals surface area (Å²) >= 11 is 3.64. The molecule has 126 valence electrons. The van der Waals surface area contributed by atoms with E-state index < -0.39 is 28.8 Å². The van der Waals surface area contributed by atoms with E-state index in [2.05, 4.69) is 17.9 Å². The molecule has 0 aliphatic rings. The average molecular weight is 339 g/mol. The minimum Gasteiger partial charge on any atom is -0.459 e. The second-order valence-electron chi connectivity index (χ2n) is 5.89. The van der Waals surface area contributed by atoms with Gasteiger partial charge in [-0.1, -0.05) is 30.3 Å². The molecule has 7 heteroatoms. The summed E-state index contributed by atoms with van der Waals surface area (Å²) in [6.07, 6.45) is -1.08. The van der Waals surface area contributed by atoms with Crippen LogP contribution in [0.5, 0.6) is 0 Å². The molecule has 23 heavy (non-hydrogen) atoms. The normalized spacial score (nSPS) is 12.2. The number of nitrogens with one attached hydrogen (secondary N) is 1. The van der Waals surface area contributed by atoms with Crippen LogP contribution in [0.1, 0.15) is 32.8 Å². The van der Waals surface area contributed by atoms with Crippen molar-refractivity contribution in [1.29, 1.82) is 0 Å². The van der Waals surface area contributed by atoms with Gasteiger partial charge < -0.3 is 14.8 Å². The zero-order valence-corrected chi connectivity index (χ0v) is 14.3. The molecular weight excluding hydrogens is 318 g/mol. The molecule has 1 rings (SSSR count). The summed E-state index contributed by atoms with van der Waals surface area (Å²) in [4.78, 5) is 35.0. The highest BCUT2D eigenvalue weighted by Gasteiger charge is 2.27. The Hall–Kier alpha value is -2.02. The number of hydrogen-bond acceptors (Lipinski definition) is 5. The quantitative estimate of drug-likeness (QED) is 0.615. The molecule has 0 aliphatic heterocycles. The van der Waals surface area contributed by atoms with Crippen molar-refractivity contribution in [3.05, 3.63) is 35.9 Å². The number of esters is 1. The number of amides is 1. The molecule has 1 atom stereocenters. The van der Waals surface area contributed by atoms with Crippen molar-refractivity contribution in [2.24, 2.45) is 0 Å². The number of alkyl carbamates (subject to hydrolysis) is 1. The van der Waals surface area contributed by atoms with E-state index in [0.717, 1.165) is 5.56 Å². The maximum Gasteiger partial charge on any atom is 0.408 e. The summed E-state index contributed by atoms with van der Waals surface area (Å²) < 4.78 is 10.2. The van der Waals surface area contributed by atoms with Crippen LogP contribution in [-0.2, 0) is 25.7 Å². The van der Waals surface area contributed by atoms with Crippen molar-refractivity contribution < 1.29 is 23.9 Å². The maximum atomic E-state index is 12.1. The van der Waals surface area contributed by atoms with Gasteiger partial charge in [-0.3, -0.25) is 4.79 Å². The van der Waals surface area contributed by atoms with E-state index in [1.54, 1.807) is 32.9 Å². The second-order valence-corrected chi connectivity index (χ2v) is 6.39. The van der Waals surface area contributed by atoms with Gasteiger partial charge in [0.2, 0.25) is 0 Å². The summed E-state index contributed by atoms with van der Waals surface area (Å²) in [5.74, 6) is -0.720. The van der Waals surface area contributed by atoms with Crippen molar-refractivity contribution in [3.8, 4) is 0 Å². The van der Waals surface area contributed by atoms with Crippen LogP contribution in [0.25, 0.3) is 0 Å². The number of thiol groups is 1. The van der Waals surface area contributed by atoms with E-state index >= 15 is 0 Å². The van der Waals surface area contributed by atoms with Gasteiger partial charge in [-0.2, -0.15) is 0 Å². The van der Waals surface area contributed by atoms with Crippen molar-refractivity contribution in [1.82, 2.24) is 5.32 Å². The van der Waals surface area contributed by atoms with E-state index in [4.69, 9.17) is 9.47 Å². The van der Waals surface area contributed by atoms with Crippen LogP contribution in [0.4, 0.5) is 4.79 Å². The zero-order chi connectivity index (χ0) is 17.5. The Morgan fingerprint density at radius 1 is 1.17 bits per heavy atom. The Morgan fingerprint density at radius 2 is 1.78 bits per heavy atom. The molecule has 0 fully saturated rings. The first-order chi connectivity index (χ1) is 10.7. The zero-order valence-electron chi connectivity index (χ0n) is 13.4. The molecule has 1 N–H and O–H groups in total. The molecule has 1 aromatic rings. The lowest BCUT2D eigenvalue weighted by Gasteiger charge is -2.22. The van der Waals surface area contributed by atoms with Gasteiger partial charge in [-0.15, -0.1) is 12.6 Å². The standard InChI is InChI=1S/C16H21NO5S/c1-16(2,3)22-15(20)17-12(9-13(18)23)14(19)21-10-11-7-5-4-6-8-11/h4-8,12H,9-10H2,1-3H3,(H,17,20)(H,18,23)/t12-/m0/s1. The van der Waals surface area contributed by atoms with Crippen LogP contribution >= 0.6 is 12.6 Å². The van der Waals surface area contributed by atoms with Gasteiger partial charge >= 0.3 is 12.1 Å². The van der Waals surface area contributed by atoms with Gasteiger partial charge in [-0.05, 0) is 26.3 Å². The van der Waals surface area contributed by atoms with Crippen molar-refractivity contribution in [2.75, 3.05) is 0 Å². The van der Waals surface area contributed by atoms with Crippen molar-refractivity contribution >= 4 is 29.8 Å². The number of rotatable bonds is 6. The smallest absolute Gasteiger partial charge is 0.408 e. The molecule has 0 aliphatic carbocycles. The third-order valence-corrected chi connectivity index (χ3v) is 2.76. The molecule has 1 amide bonds. The SMILES string of the molecule is CC(C)(C)OC(=O)N[C@@H](CC(=O)S)C(=O)OCc1ccccc1. The summed E-state index contributed by atoms with van der Waals surface area (Å²) in [6.45, 7) is 5.13. The highest BCUT2D eigenvalue weighted by molar-refractivity contribution is 7.96. The minimum atomic E-state index is -1.14. The van der Waals surface area contributed by atoms with Crippen LogP contribution in [0.15, 0.2) is 30.3 Å². The molecule has 0 spiro atoms. The molecule has 0 saturated carbocycles. The predicted octanol–water partition coefficient (Wildman–Crippen LogP) is 2.47. The maximum absolute atomic E-state index is 12.1. The van der Waals surface area contributed by atoms with E-state index in [9.17, 15) is 14.4 Å². The van der Waals surface area contributed by atoms with Crippen molar-refractivity contribution in [3.63, 3.8) is 0 Å². The van der Waals surface area contributed by atoms with E-state index in [0.29, 0.717) is 0 Å². The van der Waals surface area contributed by atoms with E-state index in [1.807, 2.05) is 18.2 Å². The average Bonchev–Trinajstić information content (AvgIpc) is 2.42. The molecule has 0 bridgehead atoms. The first kappa shape index (κ1) is 19.0. The Bertz CT molecular complexity index is 553. The molecule has 0 aromatic heterocycles. The fourth-order valence-electron chi connectivity index (χ4n) is 1.65. The lowest BCUT2D eigenvalue weighted by molar-refractivity contribution is -0.148. The fourth-order valence-corrected chi connectivity index (χ4v) is 1.83. The third kappa shape index (κ3) is 8.25. The number of benzene rings is 1. The van der Waals surface area contributed by atoms with Gasteiger partial charge in [0.25, 0.3) is 0 Å². The number of carbonyl (C=O) groups excluding carboxylic acids is 3. The van der Waals surface area contributed by atoms with Crippen LogP contribution < -0.4 is 5.32 Å². The Labute approximate surface area is 140 Å². The lowest BCUT2D eigenvalue weighted by atomic mass is 10.2. The Morgan fingerprint density at radius 3 is 2.30 bits per heavy atom. The molecule has 0 saturated heterocycles. The summed E-state index contributed by atoms with van der Waals surface area (Å²) in [6, 6.07) is 7.94. The molecular formula is C16H21NO5S. The fraction of sp³-hybridized carbons (Fsp3) is 0.438. The Kier molecular flexibility index (Phi) is 7.09. The van der Waals surface area contributed by atoms with Crippen molar-refractivity contribution in [2.45, 2.75) is 45.4 Å². The second kappa shape index (κ2) is 8.57. The minimum absolute atomic E-state index is 0.0485. The third-order valence-electron chi connectivity index (χ3n) is 2.58. The van der Waals surface area contributed by atoms with Crippen LogP contribution in [0, 0.1) is 0 Å². The van der Waals surface area contributed by atoms with E-state index in [1.165, 1.54) is 0 Å². The summed E-state index contributed by atoms with van der Waals surface area (Å²) in [5.41, 5.74) is 0.0853. The number of carbonyl (C=O) groups is 3. The van der Waals surface area contributed by atoms with Crippen LogP contribution in [0.2, 0.25) is 0 Å². The largest absolute Gasteiger partial charge is 0.459 e.